The van der Waals surface area contributed by atoms with Crippen LogP contribution in [-0.2, 0) is 14.9 Å². The molecule has 4 N–H and O–H groups in total. The Balaban J connectivity index is 4.00. The van der Waals surface area contributed by atoms with Crippen molar-refractivity contribution in [1.29, 1.82) is 0 Å². The van der Waals surface area contributed by atoms with Crippen molar-refractivity contribution in [1.82, 2.24) is 5.32 Å². The Morgan fingerprint density at radius 2 is 0.887 bits per heavy atom. The minimum atomic E-state index is -4.45. The van der Waals surface area contributed by atoms with Gasteiger partial charge in [0.05, 0.1) is 17.9 Å². The second kappa shape index (κ2) is 38.8. The number of carbonyl (C=O) groups excluding carboxylic acids is 1. The first-order valence-corrected chi connectivity index (χ1v) is 23.9. The van der Waals surface area contributed by atoms with Crippen LogP contribution in [0.4, 0.5) is 0 Å². The molecule has 0 rings (SSSR count). The third kappa shape index (κ3) is 38.6. The molecule has 8 heteroatoms. The van der Waals surface area contributed by atoms with E-state index in [2.05, 4.69) is 43.5 Å². The molecule has 7 nitrogen and oxygen atoms in total. The van der Waals surface area contributed by atoms with Gasteiger partial charge in [-0.3, -0.25) is 9.35 Å². The fourth-order valence-electron chi connectivity index (χ4n) is 6.72. The highest BCUT2D eigenvalue weighted by Crippen LogP contribution is 2.15. The summed E-state index contributed by atoms with van der Waals surface area (Å²) in [5.41, 5.74) is 0. The summed E-state index contributed by atoms with van der Waals surface area (Å²) in [6, 6.07) is -1.24. The van der Waals surface area contributed by atoms with Crippen molar-refractivity contribution in [3.05, 3.63) is 36.5 Å². The number of carbonyl (C=O) groups is 1. The number of rotatable bonds is 40. The van der Waals surface area contributed by atoms with Gasteiger partial charge in [0.2, 0.25) is 5.91 Å². The molecule has 312 valence electrons. The van der Waals surface area contributed by atoms with Gasteiger partial charge in [0.1, 0.15) is 6.10 Å². The molecule has 0 aliphatic carbocycles. The molecular weight excluding hydrogens is 683 g/mol. The number of aliphatic hydroxyl groups excluding tert-OH is 2. The lowest BCUT2D eigenvalue weighted by Gasteiger charge is -2.22. The van der Waals surface area contributed by atoms with Crippen LogP contribution in [-0.4, -0.2) is 53.1 Å². The Labute approximate surface area is 328 Å². The van der Waals surface area contributed by atoms with E-state index in [1.165, 1.54) is 134 Å². The van der Waals surface area contributed by atoms with Gasteiger partial charge in [0, 0.05) is 0 Å². The summed E-state index contributed by atoms with van der Waals surface area (Å²) in [7, 11) is -4.45. The maximum absolute atomic E-state index is 12.6. The van der Waals surface area contributed by atoms with Crippen LogP contribution < -0.4 is 5.32 Å². The highest BCUT2D eigenvalue weighted by Gasteiger charge is 2.27. The van der Waals surface area contributed by atoms with Gasteiger partial charge in [0.15, 0.2) is 0 Å². The van der Waals surface area contributed by atoms with Crippen LogP contribution in [0.25, 0.3) is 0 Å². The van der Waals surface area contributed by atoms with E-state index in [4.69, 9.17) is 0 Å². The normalized spacial score (nSPS) is 14.1. The van der Waals surface area contributed by atoms with E-state index in [-0.39, 0.29) is 6.42 Å². The number of allylic oxidation sites excluding steroid dienone is 5. The Morgan fingerprint density at radius 1 is 0.528 bits per heavy atom. The number of nitrogens with one attached hydrogen (secondary N) is 1. The van der Waals surface area contributed by atoms with E-state index in [0.717, 1.165) is 64.2 Å². The molecule has 0 aromatic rings. The summed E-state index contributed by atoms with van der Waals surface area (Å²) in [6.07, 6.45) is 47.7. The predicted molar refractivity (Wildman–Crippen MR) is 227 cm³/mol. The first-order valence-electron chi connectivity index (χ1n) is 22.3. The molecule has 3 unspecified atom stereocenters. The molecule has 0 radical (unpaired) electrons. The molecule has 3 atom stereocenters. The lowest BCUT2D eigenvalue weighted by molar-refractivity contribution is -0.130. The Kier molecular flexibility index (Phi) is 37.7. The van der Waals surface area contributed by atoms with Crippen LogP contribution in [0, 0.1) is 0 Å². The maximum atomic E-state index is 12.6. The van der Waals surface area contributed by atoms with E-state index in [1.54, 1.807) is 6.08 Å². The van der Waals surface area contributed by atoms with Crippen molar-refractivity contribution >= 4 is 16.0 Å². The van der Waals surface area contributed by atoms with Crippen molar-refractivity contribution in [3.63, 3.8) is 0 Å². The molecule has 53 heavy (non-hydrogen) atoms. The molecule has 0 aliphatic rings. The summed E-state index contributed by atoms with van der Waals surface area (Å²) in [6.45, 7) is 4.50. The molecular formula is C45H85NO6S. The highest BCUT2D eigenvalue weighted by atomic mass is 32.2. The molecule has 0 heterocycles. The monoisotopic (exact) mass is 768 g/mol. The van der Waals surface area contributed by atoms with Crippen LogP contribution >= 0.6 is 0 Å². The smallest absolute Gasteiger partial charge is 0.267 e. The first kappa shape index (κ1) is 51.5. The second-order valence-electron chi connectivity index (χ2n) is 15.5. The number of unbranched alkanes of at least 4 members (excludes halogenated alkanes) is 27. The van der Waals surface area contributed by atoms with Gasteiger partial charge in [-0.05, 0) is 51.4 Å². The standard InChI is InChI=1S/C45H85NO6S/c1-3-5-7-9-11-13-15-17-19-21-22-23-24-26-27-29-31-33-35-37-39-43(47)42(41-53(50,51)52)46-45(49)44(48)40-38-36-34-32-30-28-25-20-18-16-14-12-10-8-6-4-2/h12,14,18,20,37,39,42-44,47-48H,3-11,13,15-17,19,21-36,38,40-41H2,1-2H3,(H,46,49)(H,50,51,52)/b14-12-,20-18-,39-37+. The molecule has 0 aromatic heterocycles. The van der Waals surface area contributed by atoms with Crippen molar-refractivity contribution in [3.8, 4) is 0 Å². The third-order valence-corrected chi connectivity index (χ3v) is 10.9. The second-order valence-corrected chi connectivity index (χ2v) is 17.0. The fraction of sp³-hybridized carbons (Fsp3) is 0.844. The molecule has 0 aliphatic heterocycles. The third-order valence-electron chi connectivity index (χ3n) is 10.2. The summed E-state index contributed by atoms with van der Waals surface area (Å²) < 4.78 is 32.6. The van der Waals surface area contributed by atoms with E-state index in [1.807, 2.05) is 0 Å². The SMILES string of the molecule is CCCCC/C=C\C/C=C\CCCCCCCCC(O)C(=O)NC(CS(=O)(=O)O)C(O)/C=C/CCCCCCCCCCCCCCCCCCCC. The molecule has 0 spiro atoms. The number of hydrogen-bond acceptors (Lipinski definition) is 5. The van der Waals surface area contributed by atoms with E-state index in [0.29, 0.717) is 6.42 Å². The van der Waals surface area contributed by atoms with Crippen molar-refractivity contribution in [2.75, 3.05) is 5.75 Å². The van der Waals surface area contributed by atoms with Gasteiger partial charge in [-0.15, -0.1) is 0 Å². The number of hydrogen-bond donors (Lipinski definition) is 4. The topological polar surface area (TPSA) is 124 Å². The van der Waals surface area contributed by atoms with Gasteiger partial charge in [0.25, 0.3) is 10.1 Å². The van der Waals surface area contributed by atoms with Gasteiger partial charge in [-0.25, -0.2) is 0 Å². The zero-order chi connectivity index (χ0) is 39.1. The summed E-state index contributed by atoms with van der Waals surface area (Å²) in [5, 5.41) is 23.4. The van der Waals surface area contributed by atoms with Crippen molar-refractivity contribution < 1.29 is 28.0 Å². The summed E-state index contributed by atoms with van der Waals surface area (Å²) >= 11 is 0. The average molecular weight is 768 g/mol. The van der Waals surface area contributed by atoms with E-state index in [9.17, 15) is 28.0 Å². The highest BCUT2D eigenvalue weighted by molar-refractivity contribution is 7.85. The average Bonchev–Trinajstić information content (AvgIpc) is 3.12. The van der Waals surface area contributed by atoms with Gasteiger partial charge in [-0.2, -0.15) is 8.42 Å². The Hall–Kier alpha value is -1.48. The quantitative estimate of drug-likeness (QED) is 0.0280. The van der Waals surface area contributed by atoms with Crippen molar-refractivity contribution in [2.45, 2.75) is 238 Å². The Bertz CT molecular complexity index is 995. The van der Waals surface area contributed by atoms with E-state index < -0.39 is 40.0 Å². The lowest BCUT2D eigenvalue weighted by atomic mass is 10.0. The number of aliphatic hydroxyl groups is 2. The number of amides is 1. The van der Waals surface area contributed by atoms with Crippen LogP contribution in [0.15, 0.2) is 36.5 Å². The zero-order valence-corrected chi connectivity index (χ0v) is 35.3. The molecule has 0 fully saturated rings. The van der Waals surface area contributed by atoms with Crippen molar-refractivity contribution in [2.24, 2.45) is 0 Å². The molecule has 0 bridgehead atoms. The minimum absolute atomic E-state index is 0.268. The molecule has 1 amide bonds. The fourth-order valence-corrected chi connectivity index (χ4v) is 7.46. The zero-order valence-electron chi connectivity index (χ0n) is 34.5. The van der Waals surface area contributed by atoms with Gasteiger partial charge < -0.3 is 15.5 Å². The maximum Gasteiger partial charge on any atom is 0.267 e. The van der Waals surface area contributed by atoms with Crippen LogP contribution in [0.1, 0.15) is 219 Å². The predicted octanol–water partition coefficient (Wildman–Crippen LogP) is 12.3. The molecule has 0 saturated heterocycles. The summed E-state index contributed by atoms with van der Waals surface area (Å²) in [4.78, 5) is 12.6. The van der Waals surface area contributed by atoms with Gasteiger partial charge >= 0.3 is 0 Å². The van der Waals surface area contributed by atoms with Gasteiger partial charge in [-0.1, -0.05) is 204 Å². The lowest BCUT2D eigenvalue weighted by Crippen LogP contribution is -2.50. The minimum Gasteiger partial charge on any atom is -0.387 e. The van der Waals surface area contributed by atoms with Crippen LogP contribution in [0.5, 0.6) is 0 Å². The largest absolute Gasteiger partial charge is 0.387 e. The Morgan fingerprint density at radius 3 is 1.32 bits per heavy atom. The molecule has 0 aromatic carbocycles. The first-order chi connectivity index (χ1) is 25.7. The van der Waals surface area contributed by atoms with E-state index >= 15 is 0 Å². The summed E-state index contributed by atoms with van der Waals surface area (Å²) in [5.74, 6) is -1.54. The van der Waals surface area contributed by atoms with Crippen LogP contribution in [0.2, 0.25) is 0 Å². The van der Waals surface area contributed by atoms with Crippen LogP contribution in [0.3, 0.4) is 0 Å². The molecule has 0 saturated carbocycles.